The quantitative estimate of drug-likeness (QED) is 0.682. The molecule has 3 aromatic heterocycles. The van der Waals surface area contributed by atoms with Crippen LogP contribution >= 0.6 is 0 Å². The van der Waals surface area contributed by atoms with Crippen LogP contribution in [0.25, 0.3) is 17.3 Å². The topological polar surface area (TPSA) is 98.7 Å². The minimum atomic E-state index is -0.133. The lowest BCUT2D eigenvalue weighted by molar-refractivity contribution is 0.0928. The zero-order valence-corrected chi connectivity index (χ0v) is 16.0. The number of carbonyl (C=O) groups excluding carboxylic acids is 1. The zero-order valence-electron chi connectivity index (χ0n) is 16.0. The Balaban J connectivity index is 1.49. The number of amides is 1. The standard InChI is InChI=1S/C20H24N6O2/c1-2-17-24-20(28-25-17)14-9-10-21-18(11-14)26-12-16(22-13-26)19(27)23-15-7-5-3-4-6-8-15/h9-13,15H,2-8H2,1H3,(H,23,27). The molecular formula is C20H24N6O2. The Morgan fingerprint density at radius 3 is 2.82 bits per heavy atom. The number of hydrogen-bond donors (Lipinski definition) is 1. The van der Waals surface area contributed by atoms with Crippen molar-refractivity contribution in [3.05, 3.63) is 42.4 Å². The Kier molecular flexibility index (Phi) is 5.45. The van der Waals surface area contributed by atoms with E-state index in [0.29, 0.717) is 29.6 Å². The number of aryl methyl sites for hydroxylation is 1. The normalized spacial score (nSPS) is 15.3. The lowest BCUT2D eigenvalue weighted by Crippen LogP contribution is -2.34. The second-order valence-electron chi connectivity index (χ2n) is 7.10. The summed E-state index contributed by atoms with van der Waals surface area (Å²) >= 11 is 0. The van der Waals surface area contributed by atoms with Crippen LogP contribution in [0.5, 0.6) is 0 Å². The molecule has 1 fully saturated rings. The maximum absolute atomic E-state index is 12.6. The van der Waals surface area contributed by atoms with Crippen LogP contribution in [0.15, 0.2) is 35.4 Å². The Bertz CT molecular complexity index is 940. The highest BCUT2D eigenvalue weighted by Crippen LogP contribution is 2.20. The Morgan fingerprint density at radius 1 is 1.25 bits per heavy atom. The van der Waals surface area contributed by atoms with E-state index in [9.17, 15) is 4.79 Å². The van der Waals surface area contributed by atoms with Crippen molar-refractivity contribution < 1.29 is 9.32 Å². The van der Waals surface area contributed by atoms with Crippen molar-refractivity contribution in [1.82, 2.24) is 30.0 Å². The summed E-state index contributed by atoms with van der Waals surface area (Å²) in [7, 11) is 0. The molecule has 3 aromatic rings. The average Bonchev–Trinajstić information content (AvgIpc) is 3.34. The summed E-state index contributed by atoms with van der Waals surface area (Å²) in [6.07, 6.45) is 12.6. The molecule has 28 heavy (non-hydrogen) atoms. The van der Waals surface area contributed by atoms with Gasteiger partial charge in [0.15, 0.2) is 5.82 Å². The van der Waals surface area contributed by atoms with Gasteiger partial charge in [-0.15, -0.1) is 0 Å². The van der Waals surface area contributed by atoms with Crippen molar-refractivity contribution in [2.75, 3.05) is 0 Å². The Morgan fingerprint density at radius 2 is 2.07 bits per heavy atom. The van der Waals surface area contributed by atoms with E-state index >= 15 is 0 Å². The summed E-state index contributed by atoms with van der Waals surface area (Å²) in [4.78, 5) is 25.5. The molecule has 0 spiro atoms. The van der Waals surface area contributed by atoms with Gasteiger partial charge in [0.2, 0.25) is 0 Å². The first-order chi connectivity index (χ1) is 13.7. The molecule has 1 aliphatic rings. The summed E-state index contributed by atoms with van der Waals surface area (Å²) in [5, 5.41) is 7.04. The first-order valence-electron chi connectivity index (χ1n) is 9.87. The van der Waals surface area contributed by atoms with Crippen LogP contribution in [-0.4, -0.2) is 36.6 Å². The first-order valence-corrected chi connectivity index (χ1v) is 9.87. The number of rotatable bonds is 5. The molecule has 3 heterocycles. The summed E-state index contributed by atoms with van der Waals surface area (Å²) < 4.78 is 7.02. The van der Waals surface area contributed by atoms with Crippen molar-refractivity contribution in [2.24, 2.45) is 0 Å². The van der Waals surface area contributed by atoms with Crippen molar-refractivity contribution >= 4 is 5.91 Å². The van der Waals surface area contributed by atoms with Crippen molar-refractivity contribution in [3.63, 3.8) is 0 Å². The van der Waals surface area contributed by atoms with Crippen LogP contribution in [0.4, 0.5) is 0 Å². The summed E-state index contributed by atoms with van der Waals surface area (Å²) in [6, 6.07) is 3.89. The van der Waals surface area contributed by atoms with Crippen LogP contribution in [0, 0.1) is 0 Å². The maximum Gasteiger partial charge on any atom is 0.271 e. The number of carbonyl (C=O) groups is 1. The molecule has 146 valence electrons. The molecule has 0 aliphatic heterocycles. The molecule has 0 unspecified atom stereocenters. The van der Waals surface area contributed by atoms with Gasteiger partial charge in [0, 0.05) is 30.4 Å². The third-order valence-electron chi connectivity index (χ3n) is 5.05. The first kappa shape index (κ1) is 18.3. The predicted octanol–water partition coefficient (Wildman–Crippen LogP) is 3.33. The molecule has 1 aliphatic carbocycles. The number of nitrogens with one attached hydrogen (secondary N) is 1. The van der Waals surface area contributed by atoms with Crippen molar-refractivity contribution in [2.45, 2.75) is 57.9 Å². The van der Waals surface area contributed by atoms with E-state index in [4.69, 9.17) is 4.52 Å². The fourth-order valence-corrected chi connectivity index (χ4v) is 3.46. The Labute approximate surface area is 163 Å². The second-order valence-corrected chi connectivity index (χ2v) is 7.10. The van der Waals surface area contributed by atoms with Gasteiger partial charge in [-0.2, -0.15) is 4.98 Å². The van der Waals surface area contributed by atoms with Crippen LogP contribution < -0.4 is 5.32 Å². The van der Waals surface area contributed by atoms with E-state index in [-0.39, 0.29) is 11.9 Å². The van der Waals surface area contributed by atoms with Crippen LogP contribution in [0.1, 0.15) is 61.8 Å². The fraction of sp³-hybridized carbons (Fsp3) is 0.450. The number of nitrogens with zero attached hydrogens (tertiary/aromatic N) is 5. The summed E-state index contributed by atoms with van der Waals surface area (Å²) in [5.74, 6) is 1.61. The van der Waals surface area contributed by atoms with Gasteiger partial charge < -0.3 is 9.84 Å². The predicted molar refractivity (Wildman–Crippen MR) is 103 cm³/mol. The van der Waals surface area contributed by atoms with E-state index < -0.39 is 0 Å². The van der Waals surface area contributed by atoms with Gasteiger partial charge in [-0.3, -0.25) is 9.36 Å². The highest BCUT2D eigenvalue weighted by molar-refractivity contribution is 5.92. The monoisotopic (exact) mass is 380 g/mol. The van der Waals surface area contributed by atoms with Crippen molar-refractivity contribution in [3.8, 4) is 17.3 Å². The number of hydrogen-bond acceptors (Lipinski definition) is 6. The number of aromatic nitrogens is 5. The summed E-state index contributed by atoms with van der Waals surface area (Å²) in [5.41, 5.74) is 1.16. The average molecular weight is 380 g/mol. The van der Waals surface area contributed by atoms with Gasteiger partial charge in [-0.25, -0.2) is 9.97 Å². The third-order valence-corrected chi connectivity index (χ3v) is 5.05. The lowest BCUT2D eigenvalue weighted by Gasteiger charge is -2.15. The zero-order chi connectivity index (χ0) is 19.3. The number of imidazole rings is 1. The Hall–Kier alpha value is -3.03. The SMILES string of the molecule is CCc1noc(-c2ccnc(-n3cnc(C(=O)NC4CCCCCC4)c3)c2)n1. The number of pyridine rings is 1. The van der Waals surface area contributed by atoms with Gasteiger partial charge in [-0.05, 0) is 25.0 Å². The molecule has 8 heteroatoms. The van der Waals surface area contributed by atoms with E-state index in [1.165, 1.54) is 25.7 Å². The van der Waals surface area contributed by atoms with E-state index in [2.05, 4.69) is 25.4 Å². The van der Waals surface area contributed by atoms with Crippen LogP contribution in [-0.2, 0) is 6.42 Å². The molecule has 0 atom stereocenters. The van der Waals surface area contributed by atoms with E-state index in [0.717, 1.165) is 18.4 Å². The smallest absolute Gasteiger partial charge is 0.271 e. The molecule has 1 N–H and O–H groups in total. The van der Waals surface area contributed by atoms with Gasteiger partial charge in [0.25, 0.3) is 11.8 Å². The van der Waals surface area contributed by atoms with Gasteiger partial charge in [-0.1, -0.05) is 37.8 Å². The summed E-state index contributed by atoms with van der Waals surface area (Å²) in [6.45, 7) is 1.97. The minimum absolute atomic E-state index is 0.133. The van der Waals surface area contributed by atoms with Crippen LogP contribution in [0.2, 0.25) is 0 Å². The maximum atomic E-state index is 12.6. The fourth-order valence-electron chi connectivity index (χ4n) is 3.46. The van der Waals surface area contributed by atoms with Crippen LogP contribution in [0.3, 0.4) is 0 Å². The van der Waals surface area contributed by atoms with E-state index in [1.54, 1.807) is 23.3 Å². The molecule has 0 bridgehead atoms. The molecule has 0 aromatic carbocycles. The molecular weight excluding hydrogens is 356 g/mol. The van der Waals surface area contributed by atoms with Gasteiger partial charge in [0.05, 0.1) is 0 Å². The highest BCUT2D eigenvalue weighted by atomic mass is 16.5. The lowest BCUT2D eigenvalue weighted by atomic mass is 10.1. The molecule has 0 radical (unpaired) electrons. The molecule has 8 nitrogen and oxygen atoms in total. The van der Waals surface area contributed by atoms with Gasteiger partial charge in [0.1, 0.15) is 17.8 Å². The third kappa shape index (κ3) is 4.11. The van der Waals surface area contributed by atoms with Gasteiger partial charge >= 0.3 is 0 Å². The second kappa shape index (κ2) is 8.33. The molecule has 0 saturated heterocycles. The minimum Gasteiger partial charge on any atom is -0.348 e. The highest BCUT2D eigenvalue weighted by Gasteiger charge is 2.18. The van der Waals surface area contributed by atoms with Crippen molar-refractivity contribution in [1.29, 1.82) is 0 Å². The van der Waals surface area contributed by atoms with E-state index in [1.807, 2.05) is 19.1 Å². The molecule has 1 amide bonds. The largest absolute Gasteiger partial charge is 0.348 e. The molecule has 4 rings (SSSR count). The molecule has 1 saturated carbocycles.